The third-order valence-corrected chi connectivity index (χ3v) is 6.67. The van der Waals surface area contributed by atoms with Gasteiger partial charge in [0.15, 0.2) is 0 Å². The van der Waals surface area contributed by atoms with Crippen molar-refractivity contribution in [2.45, 2.75) is 44.6 Å². The number of carboxylic acid groups (broad SMARTS) is 1. The van der Waals surface area contributed by atoms with Crippen LogP contribution in [-0.4, -0.2) is 46.7 Å². The Morgan fingerprint density at radius 2 is 2.04 bits per heavy atom. The average Bonchev–Trinajstić information content (AvgIpc) is 2.93. The van der Waals surface area contributed by atoms with E-state index in [4.69, 9.17) is 10.1 Å². The van der Waals surface area contributed by atoms with Crippen LogP contribution in [0.5, 0.6) is 0 Å². The molecule has 2 aliphatic carbocycles. The Bertz CT molecular complexity index is 775. The lowest BCUT2D eigenvalue weighted by Gasteiger charge is -2.39. The van der Waals surface area contributed by atoms with Gasteiger partial charge >= 0.3 is 5.97 Å². The van der Waals surface area contributed by atoms with Crippen molar-refractivity contribution in [3.05, 3.63) is 11.3 Å². The summed E-state index contributed by atoms with van der Waals surface area (Å²) < 4.78 is 28.7. The van der Waals surface area contributed by atoms with Crippen LogP contribution in [0.3, 0.4) is 0 Å². The standard InChI is InChI=1S/C18H22F2N4O2/c1-9-3-5-24(9)17-21-15-10(2-4-18(15,19)20)16(22-17)23-7-12-11(6-14(25)26)13(12)8-23/h9,11-13H,2-8H2,1H3,(H,25,26)/t9?,11?,12-,13+. The van der Waals surface area contributed by atoms with Gasteiger partial charge in [-0.15, -0.1) is 0 Å². The molecule has 0 amide bonds. The van der Waals surface area contributed by atoms with Gasteiger partial charge in [0.1, 0.15) is 11.5 Å². The van der Waals surface area contributed by atoms with E-state index in [1.54, 1.807) is 0 Å². The fourth-order valence-electron chi connectivity index (χ4n) is 4.92. The van der Waals surface area contributed by atoms with Crippen molar-refractivity contribution in [2.24, 2.45) is 17.8 Å². The van der Waals surface area contributed by atoms with Gasteiger partial charge in [-0.2, -0.15) is 13.8 Å². The molecule has 140 valence electrons. The van der Waals surface area contributed by atoms with Crippen LogP contribution in [0.4, 0.5) is 20.5 Å². The number of nitrogens with zero attached hydrogens (tertiary/aromatic N) is 4. The normalized spacial score (nSPS) is 33.7. The fraction of sp³-hybridized carbons (Fsp3) is 0.722. The zero-order valence-corrected chi connectivity index (χ0v) is 14.7. The smallest absolute Gasteiger partial charge is 0.303 e. The number of halogens is 2. The van der Waals surface area contributed by atoms with Crippen molar-refractivity contribution >= 4 is 17.7 Å². The van der Waals surface area contributed by atoms with Gasteiger partial charge in [-0.3, -0.25) is 4.79 Å². The first-order chi connectivity index (χ1) is 12.3. The molecule has 0 bridgehead atoms. The molecule has 0 aromatic carbocycles. The summed E-state index contributed by atoms with van der Waals surface area (Å²) in [6, 6.07) is 0.280. The summed E-state index contributed by atoms with van der Waals surface area (Å²) in [6.45, 7) is 4.29. The lowest BCUT2D eigenvalue weighted by molar-refractivity contribution is -0.137. The summed E-state index contributed by atoms with van der Waals surface area (Å²) in [6.07, 6.45) is 1.33. The number of aromatic nitrogens is 2. The molecule has 4 aliphatic rings. The van der Waals surface area contributed by atoms with Crippen LogP contribution in [0, 0.1) is 17.8 Å². The summed E-state index contributed by atoms with van der Waals surface area (Å²) in [5.74, 6) is -1.63. The number of hydrogen-bond acceptors (Lipinski definition) is 5. The van der Waals surface area contributed by atoms with Gasteiger partial charge in [-0.1, -0.05) is 0 Å². The molecule has 4 atom stereocenters. The maximum Gasteiger partial charge on any atom is 0.303 e. The lowest BCUT2D eigenvalue weighted by atomic mass is 10.1. The highest BCUT2D eigenvalue weighted by Crippen LogP contribution is 2.55. The van der Waals surface area contributed by atoms with Crippen LogP contribution in [-0.2, 0) is 17.1 Å². The minimum absolute atomic E-state index is 0.0979. The van der Waals surface area contributed by atoms with E-state index >= 15 is 0 Å². The van der Waals surface area contributed by atoms with E-state index in [0.717, 1.165) is 13.0 Å². The number of rotatable bonds is 4. The monoisotopic (exact) mass is 364 g/mol. The molecule has 26 heavy (non-hydrogen) atoms. The quantitative estimate of drug-likeness (QED) is 0.884. The van der Waals surface area contributed by atoms with Crippen LogP contribution in [0.15, 0.2) is 0 Å². The fourth-order valence-corrected chi connectivity index (χ4v) is 4.92. The summed E-state index contributed by atoms with van der Waals surface area (Å²) >= 11 is 0. The van der Waals surface area contributed by atoms with E-state index in [9.17, 15) is 13.6 Å². The summed E-state index contributed by atoms with van der Waals surface area (Å²) in [5.41, 5.74) is 0.488. The van der Waals surface area contributed by atoms with Crippen LogP contribution < -0.4 is 9.80 Å². The molecule has 3 fully saturated rings. The number of piperidine rings is 1. The number of anilines is 2. The van der Waals surface area contributed by atoms with E-state index in [-0.39, 0.29) is 30.5 Å². The summed E-state index contributed by atoms with van der Waals surface area (Å²) in [7, 11) is 0. The van der Waals surface area contributed by atoms with Crippen molar-refractivity contribution in [1.29, 1.82) is 0 Å². The van der Waals surface area contributed by atoms with Crippen molar-refractivity contribution < 1.29 is 18.7 Å². The van der Waals surface area contributed by atoms with E-state index in [2.05, 4.69) is 16.8 Å². The Kier molecular flexibility index (Phi) is 3.28. The van der Waals surface area contributed by atoms with Crippen LogP contribution in [0.1, 0.15) is 37.4 Å². The number of hydrogen-bond donors (Lipinski definition) is 1. The first-order valence-electron chi connectivity index (χ1n) is 9.38. The Balaban J connectivity index is 1.45. The number of aliphatic carboxylic acids is 1. The van der Waals surface area contributed by atoms with Crippen LogP contribution >= 0.6 is 0 Å². The molecule has 0 spiro atoms. The third-order valence-electron chi connectivity index (χ3n) is 6.67. The molecule has 2 saturated heterocycles. The van der Waals surface area contributed by atoms with Crippen LogP contribution in [0.2, 0.25) is 0 Å². The predicted octanol–water partition coefficient (Wildman–Crippen LogP) is 2.27. The minimum atomic E-state index is -2.88. The molecule has 6 nitrogen and oxygen atoms in total. The Labute approximate surface area is 150 Å². The molecule has 2 aliphatic heterocycles. The number of carbonyl (C=O) groups is 1. The maximum atomic E-state index is 14.4. The summed E-state index contributed by atoms with van der Waals surface area (Å²) in [4.78, 5) is 24.0. The molecule has 0 radical (unpaired) electrons. The highest BCUT2D eigenvalue weighted by Gasteiger charge is 2.57. The number of alkyl halides is 2. The molecule has 1 N–H and O–H groups in total. The molecule has 5 rings (SSSR count). The van der Waals surface area contributed by atoms with Gasteiger partial charge in [-0.05, 0) is 37.5 Å². The van der Waals surface area contributed by atoms with E-state index in [1.165, 1.54) is 0 Å². The summed E-state index contributed by atoms with van der Waals surface area (Å²) in [5, 5.41) is 8.98. The zero-order valence-electron chi connectivity index (χ0n) is 14.7. The van der Waals surface area contributed by atoms with Gasteiger partial charge in [0, 0.05) is 44.1 Å². The second-order valence-corrected chi connectivity index (χ2v) is 8.20. The topological polar surface area (TPSA) is 69.6 Å². The van der Waals surface area contributed by atoms with Gasteiger partial charge in [0.2, 0.25) is 5.95 Å². The van der Waals surface area contributed by atoms with Crippen molar-refractivity contribution in [1.82, 2.24) is 9.97 Å². The Hall–Kier alpha value is -1.99. The molecular formula is C18H22F2N4O2. The highest BCUT2D eigenvalue weighted by atomic mass is 19.3. The average molecular weight is 364 g/mol. The number of fused-ring (bicyclic) bond motifs is 2. The number of carboxylic acids is 1. The molecule has 8 heteroatoms. The zero-order chi connectivity index (χ0) is 18.2. The predicted molar refractivity (Wildman–Crippen MR) is 90.6 cm³/mol. The van der Waals surface area contributed by atoms with Crippen molar-refractivity contribution in [2.75, 3.05) is 29.4 Å². The van der Waals surface area contributed by atoms with E-state index in [0.29, 0.717) is 48.7 Å². The van der Waals surface area contributed by atoms with Crippen molar-refractivity contribution in [3.63, 3.8) is 0 Å². The lowest BCUT2D eigenvalue weighted by Crippen LogP contribution is -2.47. The third kappa shape index (κ3) is 2.30. The van der Waals surface area contributed by atoms with E-state index in [1.807, 2.05) is 4.90 Å². The second kappa shape index (κ2) is 5.27. The SMILES string of the molecule is CC1CCN1c1nc(N2C[C@@H]3C(CC(=O)O)[C@@H]3C2)c2c(n1)C(F)(F)CC2. The first-order valence-corrected chi connectivity index (χ1v) is 9.38. The van der Waals surface area contributed by atoms with Gasteiger partial charge in [0.25, 0.3) is 5.92 Å². The molecule has 1 saturated carbocycles. The van der Waals surface area contributed by atoms with Gasteiger partial charge < -0.3 is 14.9 Å². The minimum Gasteiger partial charge on any atom is -0.481 e. The van der Waals surface area contributed by atoms with Crippen LogP contribution in [0.25, 0.3) is 0 Å². The van der Waals surface area contributed by atoms with Crippen molar-refractivity contribution in [3.8, 4) is 0 Å². The van der Waals surface area contributed by atoms with Gasteiger partial charge in [-0.25, -0.2) is 4.98 Å². The molecule has 3 heterocycles. The van der Waals surface area contributed by atoms with Gasteiger partial charge in [0.05, 0.1) is 0 Å². The maximum absolute atomic E-state index is 14.4. The molecule has 2 unspecified atom stereocenters. The molecular weight excluding hydrogens is 342 g/mol. The first kappa shape index (κ1) is 16.2. The molecule has 1 aromatic heterocycles. The highest BCUT2D eigenvalue weighted by molar-refractivity contribution is 5.68. The second-order valence-electron chi connectivity index (χ2n) is 8.20. The Morgan fingerprint density at radius 3 is 2.62 bits per heavy atom. The molecule has 1 aromatic rings. The van der Waals surface area contributed by atoms with E-state index < -0.39 is 11.9 Å². The largest absolute Gasteiger partial charge is 0.481 e. The Morgan fingerprint density at radius 1 is 1.31 bits per heavy atom.